The van der Waals surface area contributed by atoms with Gasteiger partial charge in [-0.1, -0.05) is 0 Å². The fourth-order valence-corrected chi connectivity index (χ4v) is 2.73. The maximum atomic E-state index is 12.3. The van der Waals surface area contributed by atoms with Gasteiger partial charge in [0, 0.05) is 30.9 Å². The van der Waals surface area contributed by atoms with E-state index in [2.05, 4.69) is 25.7 Å². The molecule has 0 aliphatic heterocycles. The number of carbonyl (C=O) groups is 2. The highest BCUT2D eigenvalue weighted by molar-refractivity contribution is 6.18. The van der Waals surface area contributed by atoms with Crippen molar-refractivity contribution in [2.45, 2.75) is 25.7 Å². The van der Waals surface area contributed by atoms with Crippen molar-refractivity contribution in [2.24, 2.45) is 5.92 Å². The largest absolute Gasteiger partial charge is 0.573 e. The van der Waals surface area contributed by atoms with Gasteiger partial charge in [0.1, 0.15) is 5.75 Å². The monoisotopic (exact) mass is 445 g/mol. The van der Waals surface area contributed by atoms with Crippen molar-refractivity contribution in [1.82, 2.24) is 14.9 Å². The van der Waals surface area contributed by atoms with Gasteiger partial charge in [-0.2, -0.15) is 0 Å². The van der Waals surface area contributed by atoms with Gasteiger partial charge in [0.2, 0.25) is 5.82 Å². The van der Waals surface area contributed by atoms with Crippen molar-refractivity contribution in [3.05, 3.63) is 36.3 Å². The van der Waals surface area contributed by atoms with Crippen molar-refractivity contribution in [3.63, 3.8) is 0 Å². The number of hydrogen-bond acceptors (Lipinski definition) is 4. The summed E-state index contributed by atoms with van der Waals surface area (Å²) in [6.45, 7) is 0.897. The van der Waals surface area contributed by atoms with E-state index in [1.807, 2.05) is 0 Å². The third-order valence-electron chi connectivity index (χ3n) is 4.10. The van der Waals surface area contributed by atoms with Gasteiger partial charge < -0.3 is 19.9 Å². The van der Waals surface area contributed by atoms with E-state index in [9.17, 15) is 22.8 Å². The van der Waals surface area contributed by atoms with Crippen molar-refractivity contribution < 1.29 is 27.5 Å². The summed E-state index contributed by atoms with van der Waals surface area (Å²) >= 11 is 5.59. The molecule has 1 saturated carbocycles. The summed E-state index contributed by atoms with van der Waals surface area (Å²) in [5.41, 5.74) is 0.250. The predicted octanol–water partition coefficient (Wildman–Crippen LogP) is 3.80. The number of imidazole rings is 1. The van der Waals surface area contributed by atoms with Crippen LogP contribution in [-0.2, 0) is 6.54 Å². The summed E-state index contributed by atoms with van der Waals surface area (Å²) in [6, 6.07) is 4.01. The molecule has 1 aromatic carbocycles. The van der Waals surface area contributed by atoms with Crippen LogP contribution >= 0.6 is 11.6 Å². The number of hydrogen-bond donors (Lipinski definition) is 3. The van der Waals surface area contributed by atoms with Crippen molar-refractivity contribution >= 4 is 35.0 Å². The van der Waals surface area contributed by atoms with Crippen LogP contribution < -0.4 is 20.7 Å². The second-order valence-corrected chi connectivity index (χ2v) is 7.02. The van der Waals surface area contributed by atoms with Crippen molar-refractivity contribution in [1.29, 1.82) is 0 Å². The molecule has 12 heteroatoms. The van der Waals surface area contributed by atoms with E-state index in [1.54, 1.807) is 10.8 Å². The maximum Gasteiger partial charge on any atom is 0.573 e. The first kappa shape index (κ1) is 21.8. The second kappa shape index (κ2) is 9.24. The second-order valence-electron chi connectivity index (χ2n) is 6.64. The Morgan fingerprint density at radius 1 is 1.20 bits per heavy atom. The number of nitrogens with one attached hydrogen (secondary N) is 3. The molecule has 0 bridgehead atoms. The Morgan fingerprint density at radius 2 is 1.90 bits per heavy atom. The zero-order chi connectivity index (χ0) is 21.7. The van der Waals surface area contributed by atoms with Gasteiger partial charge in [-0.25, -0.2) is 9.78 Å². The number of ether oxygens (including phenoxy) is 1. The Hall–Kier alpha value is -2.95. The molecule has 1 aliphatic rings. The Kier molecular flexibility index (Phi) is 6.70. The molecule has 0 radical (unpaired) electrons. The van der Waals surface area contributed by atoms with Gasteiger partial charge in [-0.3, -0.25) is 10.1 Å². The standard InChI is InChI=1S/C18H19ClF3N5O3/c19-7-8-23-16(28)15-25-14(10-27(15)9-11-1-2-11)26-17(29)24-12-3-5-13(6-4-12)30-18(20,21)22/h3-6,10-11H,1-2,7-9H2,(H,23,28)(H2,24,26,29). The Balaban J connectivity index is 1.62. The maximum absolute atomic E-state index is 12.3. The number of benzene rings is 1. The minimum Gasteiger partial charge on any atom is -0.406 e. The van der Waals surface area contributed by atoms with Gasteiger partial charge in [-0.05, 0) is 43.0 Å². The molecule has 0 atom stereocenters. The number of alkyl halides is 4. The minimum atomic E-state index is -4.79. The molecular weight excluding hydrogens is 427 g/mol. The van der Waals surface area contributed by atoms with Crippen LogP contribution in [0, 0.1) is 5.92 Å². The van der Waals surface area contributed by atoms with Crippen LogP contribution in [0.5, 0.6) is 5.75 Å². The lowest BCUT2D eigenvalue weighted by Crippen LogP contribution is -2.28. The molecule has 1 heterocycles. The summed E-state index contributed by atoms with van der Waals surface area (Å²) in [6.07, 6.45) is -1.09. The van der Waals surface area contributed by atoms with Gasteiger partial charge >= 0.3 is 12.4 Å². The molecule has 8 nitrogen and oxygen atoms in total. The summed E-state index contributed by atoms with van der Waals surface area (Å²) in [4.78, 5) is 28.6. The summed E-state index contributed by atoms with van der Waals surface area (Å²) in [5, 5.41) is 7.62. The quantitative estimate of drug-likeness (QED) is 0.538. The normalized spacial score (nSPS) is 13.6. The topological polar surface area (TPSA) is 97.3 Å². The van der Waals surface area contributed by atoms with Crippen molar-refractivity contribution in [3.8, 4) is 5.75 Å². The highest BCUT2D eigenvalue weighted by Gasteiger charge is 2.31. The van der Waals surface area contributed by atoms with E-state index >= 15 is 0 Å². The van der Waals surface area contributed by atoms with Crippen LogP contribution in [0.4, 0.5) is 29.5 Å². The molecule has 3 N–H and O–H groups in total. The summed E-state index contributed by atoms with van der Waals surface area (Å²) < 4.78 is 42.0. The number of carbonyl (C=O) groups excluding carboxylic acids is 2. The number of halogens is 4. The fraction of sp³-hybridized carbons (Fsp3) is 0.389. The zero-order valence-electron chi connectivity index (χ0n) is 15.6. The first-order chi connectivity index (χ1) is 14.2. The first-order valence-electron chi connectivity index (χ1n) is 9.08. The predicted molar refractivity (Wildman–Crippen MR) is 104 cm³/mol. The van der Waals surface area contributed by atoms with Crippen LogP contribution in [0.2, 0.25) is 0 Å². The number of aromatic nitrogens is 2. The number of urea groups is 1. The Morgan fingerprint density at radius 3 is 2.50 bits per heavy atom. The molecule has 0 saturated heterocycles. The molecule has 1 aliphatic carbocycles. The molecular formula is C18H19ClF3N5O3. The average Bonchev–Trinajstić information content (AvgIpc) is 3.39. The SMILES string of the molecule is O=C(Nc1ccc(OC(F)(F)F)cc1)Nc1cn(CC2CC2)c(C(=O)NCCCl)n1. The molecule has 3 rings (SSSR count). The minimum absolute atomic E-state index is 0.163. The highest BCUT2D eigenvalue weighted by Crippen LogP contribution is 2.31. The Bertz CT molecular complexity index is 897. The zero-order valence-corrected chi connectivity index (χ0v) is 16.4. The lowest BCUT2D eigenvalue weighted by Gasteiger charge is -2.10. The van der Waals surface area contributed by atoms with Crippen LogP contribution in [0.3, 0.4) is 0 Å². The fourth-order valence-electron chi connectivity index (χ4n) is 2.63. The summed E-state index contributed by atoms with van der Waals surface area (Å²) in [7, 11) is 0. The van der Waals surface area contributed by atoms with Gasteiger partial charge in [0.25, 0.3) is 5.91 Å². The molecule has 3 amide bonds. The Labute approximate surface area is 174 Å². The van der Waals surface area contributed by atoms with Crippen LogP contribution in [0.15, 0.2) is 30.5 Å². The molecule has 30 heavy (non-hydrogen) atoms. The van der Waals surface area contributed by atoms with Gasteiger partial charge in [0.15, 0.2) is 5.82 Å². The van der Waals surface area contributed by atoms with Gasteiger partial charge in [-0.15, -0.1) is 24.8 Å². The third-order valence-corrected chi connectivity index (χ3v) is 4.29. The first-order valence-corrected chi connectivity index (χ1v) is 9.62. The highest BCUT2D eigenvalue weighted by atomic mass is 35.5. The van der Waals surface area contributed by atoms with Crippen LogP contribution in [0.1, 0.15) is 23.5 Å². The van der Waals surface area contributed by atoms with Gasteiger partial charge in [0.05, 0.1) is 0 Å². The smallest absolute Gasteiger partial charge is 0.406 e. The van der Waals surface area contributed by atoms with E-state index in [-0.39, 0.29) is 29.8 Å². The number of anilines is 2. The summed E-state index contributed by atoms with van der Waals surface area (Å²) in [5.74, 6) is 0.259. The number of amides is 3. The van der Waals surface area contributed by atoms with Crippen LogP contribution in [-0.4, -0.2) is 40.3 Å². The molecule has 162 valence electrons. The number of nitrogens with zero attached hydrogens (tertiary/aromatic N) is 2. The lowest BCUT2D eigenvalue weighted by atomic mass is 10.3. The average molecular weight is 446 g/mol. The molecule has 1 aromatic heterocycles. The lowest BCUT2D eigenvalue weighted by molar-refractivity contribution is -0.274. The van der Waals surface area contributed by atoms with E-state index in [1.165, 1.54) is 12.1 Å². The van der Waals surface area contributed by atoms with E-state index < -0.39 is 24.1 Å². The number of rotatable bonds is 8. The molecule has 0 spiro atoms. The van der Waals surface area contributed by atoms with E-state index in [0.717, 1.165) is 25.0 Å². The molecule has 2 aromatic rings. The van der Waals surface area contributed by atoms with E-state index in [4.69, 9.17) is 11.6 Å². The van der Waals surface area contributed by atoms with Crippen LogP contribution in [0.25, 0.3) is 0 Å². The molecule has 1 fully saturated rings. The third kappa shape index (κ3) is 6.55. The molecule has 0 unspecified atom stereocenters. The van der Waals surface area contributed by atoms with Crippen molar-refractivity contribution in [2.75, 3.05) is 23.1 Å². The van der Waals surface area contributed by atoms with E-state index in [0.29, 0.717) is 12.5 Å².